The molecule has 0 spiro atoms. The Hall–Kier alpha value is -2.95. The molecular formula is C25H20N2S2. The number of rotatable bonds is 4. The monoisotopic (exact) mass is 412 g/mol. The molecule has 4 aromatic rings. The lowest BCUT2D eigenvalue weighted by atomic mass is 10.00. The fraction of sp³-hybridized carbons (Fsp3) is 0.0400. The van der Waals surface area contributed by atoms with E-state index in [0.29, 0.717) is 4.38 Å². The maximum atomic E-state index is 5.46. The second-order valence-electron chi connectivity index (χ2n) is 6.49. The molecular weight excluding hydrogens is 392 g/mol. The normalized spacial score (nSPS) is 11.4. The lowest BCUT2D eigenvalue weighted by molar-refractivity contribution is -0.656. The molecule has 0 atom stereocenters. The van der Waals surface area contributed by atoms with Crippen LogP contribution in [0.4, 0.5) is 0 Å². The molecule has 29 heavy (non-hydrogen) atoms. The maximum Gasteiger partial charge on any atom is 0.246 e. The van der Waals surface area contributed by atoms with Crippen LogP contribution in [0.2, 0.25) is 0 Å². The summed E-state index contributed by atoms with van der Waals surface area (Å²) >= 11 is 6.93. The Morgan fingerprint density at radius 2 is 1.07 bits per heavy atom. The summed E-state index contributed by atoms with van der Waals surface area (Å²) in [4.78, 5) is 0. The molecule has 1 heterocycles. The Bertz CT molecular complexity index is 1060. The highest BCUT2D eigenvalue weighted by Crippen LogP contribution is 2.29. The van der Waals surface area contributed by atoms with E-state index in [2.05, 4.69) is 60.7 Å². The number of thioether (sulfide) groups is 1. The Kier molecular flexibility index (Phi) is 6.03. The molecule has 0 fully saturated rings. The standard InChI is InChI=1S/C25H20N2S2/c1-29-25(28)26-27-23(20-13-7-3-8-14-20)17-22(19-11-5-2-6-12-19)18-24(27)21-15-9-4-10-16-21/h2-18H,1H3. The molecule has 1 aromatic heterocycles. The zero-order valence-corrected chi connectivity index (χ0v) is 17.7. The van der Waals surface area contributed by atoms with Gasteiger partial charge in [0.25, 0.3) is 0 Å². The van der Waals surface area contributed by atoms with Crippen molar-refractivity contribution in [2.24, 2.45) is 5.10 Å². The van der Waals surface area contributed by atoms with E-state index in [1.165, 1.54) is 17.3 Å². The first-order valence-corrected chi connectivity index (χ1v) is 11.0. The van der Waals surface area contributed by atoms with Gasteiger partial charge in [0.2, 0.25) is 11.4 Å². The largest absolute Gasteiger partial charge is 0.748 e. The van der Waals surface area contributed by atoms with E-state index in [4.69, 9.17) is 17.7 Å². The molecule has 0 radical (unpaired) electrons. The minimum Gasteiger partial charge on any atom is -0.748 e. The number of aromatic nitrogens is 1. The van der Waals surface area contributed by atoms with E-state index < -0.39 is 0 Å². The number of hydrogen-bond acceptors (Lipinski definition) is 3. The smallest absolute Gasteiger partial charge is 0.246 e. The van der Waals surface area contributed by atoms with Gasteiger partial charge in [-0.25, -0.2) is 0 Å². The Balaban J connectivity index is 2.06. The second kappa shape index (κ2) is 9.03. The average molecular weight is 413 g/mol. The highest BCUT2D eigenvalue weighted by molar-refractivity contribution is 8.26. The van der Waals surface area contributed by atoms with Gasteiger partial charge >= 0.3 is 0 Å². The summed E-state index contributed by atoms with van der Waals surface area (Å²) in [6.07, 6.45) is 1.95. The van der Waals surface area contributed by atoms with Crippen LogP contribution < -0.4 is 4.68 Å². The first kappa shape index (κ1) is 19.4. The summed E-state index contributed by atoms with van der Waals surface area (Å²) in [5.74, 6) is 0. The molecule has 0 aliphatic rings. The summed E-state index contributed by atoms with van der Waals surface area (Å²) in [7, 11) is 0. The third kappa shape index (κ3) is 4.39. The van der Waals surface area contributed by atoms with Crippen molar-refractivity contribution in [3.8, 4) is 33.6 Å². The quantitative estimate of drug-likeness (QED) is 0.177. The van der Waals surface area contributed by atoms with Crippen LogP contribution in [0.15, 0.2) is 108 Å². The van der Waals surface area contributed by atoms with E-state index in [1.807, 2.05) is 53.4 Å². The van der Waals surface area contributed by atoms with E-state index >= 15 is 0 Å². The third-order valence-electron chi connectivity index (χ3n) is 4.64. The molecule has 142 valence electrons. The van der Waals surface area contributed by atoms with Crippen molar-refractivity contribution in [1.29, 1.82) is 0 Å². The summed E-state index contributed by atoms with van der Waals surface area (Å²) in [5.41, 5.74) is 6.50. The topological polar surface area (TPSA) is 16.2 Å². The molecule has 0 bridgehead atoms. The maximum absolute atomic E-state index is 5.46. The average Bonchev–Trinajstić information content (AvgIpc) is 2.80. The minimum absolute atomic E-state index is 0.594. The van der Waals surface area contributed by atoms with Crippen LogP contribution in [0.25, 0.3) is 33.6 Å². The second-order valence-corrected chi connectivity index (χ2v) is 7.93. The van der Waals surface area contributed by atoms with Crippen molar-refractivity contribution in [2.75, 3.05) is 6.26 Å². The summed E-state index contributed by atoms with van der Waals surface area (Å²) < 4.78 is 2.56. The molecule has 0 unspecified atom stereocenters. The first-order chi connectivity index (χ1) is 14.3. The van der Waals surface area contributed by atoms with Crippen LogP contribution in [0.3, 0.4) is 0 Å². The number of benzene rings is 3. The van der Waals surface area contributed by atoms with Gasteiger partial charge in [0, 0.05) is 27.6 Å². The highest BCUT2D eigenvalue weighted by Gasteiger charge is 2.23. The molecule has 4 rings (SSSR count). The van der Waals surface area contributed by atoms with Gasteiger partial charge in [-0.3, -0.25) is 0 Å². The van der Waals surface area contributed by atoms with Gasteiger partial charge in [-0.1, -0.05) is 66.7 Å². The lowest BCUT2D eigenvalue weighted by Gasteiger charge is -2.11. The molecule has 3 aromatic carbocycles. The molecule has 0 aliphatic carbocycles. The van der Waals surface area contributed by atoms with Gasteiger partial charge in [0.1, 0.15) is 0 Å². The van der Waals surface area contributed by atoms with E-state index in [1.54, 1.807) is 0 Å². The fourth-order valence-electron chi connectivity index (χ4n) is 3.24. The number of nitrogens with zero attached hydrogens (tertiary/aromatic N) is 2. The summed E-state index contributed by atoms with van der Waals surface area (Å²) in [6, 6.07) is 35.4. The van der Waals surface area contributed by atoms with Crippen molar-refractivity contribution in [3.63, 3.8) is 0 Å². The zero-order valence-electron chi connectivity index (χ0n) is 16.0. The van der Waals surface area contributed by atoms with Crippen LogP contribution in [0, 0.1) is 0 Å². The lowest BCUT2D eigenvalue weighted by Crippen LogP contribution is -2.34. The van der Waals surface area contributed by atoms with Gasteiger partial charge in [0.15, 0.2) is 0 Å². The summed E-state index contributed by atoms with van der Waals surface area (Å²) in [6.45, 7) is 0. The van der Waals surface area contributed by atoms with E-state index in [9.17, 15) is 0 Å². The van der Waals surface area contributed by atoms with Crippen molar-refractivity contribution in [3.05, 3.63) is 103 Å². The minimum atomic E-state index is 0.594. The predicted molar refractivity (Wildman–Crippen MR) is 127 cm³/mol. The first-order valence-electron chi connectivity index (χ1n) is 9.32. The van der Waals surface area contributed by atoms with Crippen molar-refractivity contribution in [1.82, 2.24) is 0 Å². The molecule has 4 heteroatoms. The Labute approximate surface area is 181 Å². The van der Waals surface area contributed by atoms with Crippen molar-refractivity contribution in [2.45, 2.75) is 0 Å². The van der Waals surface area contributed by atoms with Crippen molar-refractivity contribution < 1.29 is 4.68 Å². The fourth-order valence-corrected chi connectivity index (χ4v) is 3.49. The van der Waals surface area contributed by atoms with Crippen LogP contribution in [-0.2, 0) is 12.6 Å². The van der Waals surface area contributed by atoms with Gasteiger partial charge in [-0.05, 0) is 51.4 Å². The van der Waals surface area contributed by atoms with Crippen LogP contribution in [0.1, 0.15) is 0 Å². The van der Waals surface area contributed by atoms with Crippen LogP contribution >= 0.6 is 11.8 Å². The SMILES string of the molecule is CSC([S-])=N[n+]1c(-c2ccccc2)cc(-c2ccccc2)cc1-c1ccccc1. The van der Waals surface area contributed by atoms with Gasteiger partial charge in [0.05, 0.1) is 0 Å². The third-order valence-corrected chi connectivity index (χ3v) is 5.66. The van der Waals surface area contributed by atoms with Crippen molar-refractivity contribution >= 4 is 28.8 Å². The molecule has 0 amide bonds. The Morgan fingerprint density at radius 1 is 0.655 bits per heavy atom. The molecule has 2 nitrogen and oxygen atoms in total. The molecule has 0 aliphatic heterocycles. The van der Waals surface area contributed by atoms with Gasteiger partial charge in [-0.15, -0.1) is 11.8 Å². The van der Waals surface area contributed by atoms with Crippen LogP contribution in [-0.4, -0.2) is 10.6 Å². The van der Waals surface area contributed by atoms with E-state index in [-0.39, 0.29) is 0 Å². The van der Waals surface area contributed by atoms with E-state index in [0.717, 1.165) is 28.1 Å². The number of pyridine rings is 1. The predicted octanol–water partition coefficient (Wildman–Crippen LogP) is 6.00. The van der Waals surface area contributed by atoms with Gasteiger partial charge in [-0.2, -0.15) is 0 Å². The highest BCUT2D eigenvalue weighted by atomic mass is 32.2. The summed E-state index contributed by atoms with van der Waals surface area (Å²) in [5, 5.41) is 4.78. The number of hydrogen-bond donors (Lipinski definition) is 0. The Morgan fingerprint density at radius 3 is 1.48 bits per heavy atom. The molecule has 0 saturated heterocycles. The molecule has 0 saturated carbocycles. The van der Waals surface area contributed by atoms with Gasteiger partial charge < -0.3 is 12.6 Å². The molecule has 0 N–H and O–H groups in total. The van der Waals surface area contributed by atoms with Crippen LogP contribution in [0.5, 0.6) is 0 Å². The zero-order chi connectivity index (χ0) is 20.1.